The lowest BCUT2D eigenvalue weighted by Gasteiger charge is -2.26. The van der Waals surface area contributed by atoms with E-state index in [0.29, 0.717) is 0 Å². The minimum absolute atomic E-state index is 0.179. The van der Waals surface area contributed by atoms with Gasteiger partial charge in [0.15, 0.2) is 0 Å². The lowest BCUT2D eigenvalue weighted by atomic mass is 9.77. The molecule has 0 radical (unpaired) electrons. The summed E-state index contributed by atoms with van der Waals surface area (Å²) in [5.41, 5.74) is 18.3. The van der Waals surface area contributed by atoms with Crippen LogP contribution in [0.3, 0.4) is 0 Å². The van der Waals surface area contributed by atoms with Crippen LogP contribution in [-0.2, 0) is 5.41 Å². The van der Waals surface area contributed by atoms with Crippen molar-refractivity contribution < 1.29 is 0 Å². The van der Waals surface area contributed by atoms with E-state index in [0.717, 1.165) is 72.0 Å². The Hall–Kier alpha value is -5.72. The summed E-state index contributed by atoms with van der Waals surface area (Å²) in [5.74, 6) is 0. The fourth-order valence-electron chi connectivity index (χ4n) is 7.90. The Balaban J connectivity index is 0.00000248. The first-order chi connectivity index (χ1) is 24.7. The minimum Gasteiger partial charge on any atom is -0.0990 e. The highest BCUT2D eigenvalue weighted by molar-refractivity contribution is 6.13. The highest BCUT2D eigenvalue weighted by Gasteiger charge is 2.38. The average Bonchev–Trinajstić information content (AvgIpc) is 3.39. The third kappa shape index (κ3) is 5.96. The third-order valence-electron chi connectivity index (χ3n) is 10.1. The highest BCUT2D eigenvalue weighted by Crippen LogP contribution is 2.54. The summed E-state index contributed by atoms with van der Waals surface area (Å²) in [7, 11) is 0. The first kappa shape index (κ1) is 36.6. The van der Waals surface area contributed by atoms with Crippen molar-refractivity contribution in [1.29, 1.82) is 0 Å². The molecule has 0 heterocycles. The zero-order chi connectivity index (χ0) is 37.0. The maximum Gasteiger partial charge on any atom is 0.0159 e. The SMILES string of the molecule is C=C/C=C(\C(C=C)=C(C)C)c1ccc(-c2c(C=C)c(C=C)c(-c3cc4c(c(C=C)c3C=C)-c3ccccc3C4(C)C)c3ccccc23)cc1.CC. The lowest BCUT2D eigenvalue weighted by molar-refractivity contribution is 0.660. The number of fused-ring (bicyclic) bond motifs is 4. The van der Waals surface area contributed by atoms with Gasteiger partial charge in [-0.2, -0.15) is 0 Å². The Morgan fingerprint density at radius 1 is 0.569 bits per heavy atom. The highest BCUT2D eigenvalue weighted by atomic mass is 14.4. The molecule has 0 unspecified atom stereocenters. The summed E-state index contributed by atoms with van der Waals surface area (Å²) >= 11 is 0. The molecule has 254 valence electrons. The van der Waals surface area contributed by atoms with Crippen LogP contribution >= 0.6 is 0 Å². The first-order valence-electron chi connectivity index (χ1n) is 17.8. The van der Waals surface area contributed by atoms with Gasteiger partial charge in [0.2, 0.25) is 0 Å². The second-order valence-corrected chi connectivity index (χ2v) is 13.3. The molecule has 0 N–H and O–H groups in total. The molecule has 0 atom stereocenters. The Morgan fingerprint density at radius 2 is 1.10 bits per heavy atom. The standard InChI is InChI=1S/C49H44.C2H6/c1-11-21-39(34(12-2)31(7)8)32-26-28-33(29-27-32)46-37(15-5)38(16-6)47(41-23-18-17-22-40(41)46)43-30-45-48(36(14-4)35(43)13-3)42-24-19-20-25-44(42)49(45,9)10;1-2/h11-30H,1-6H2,7-10H3;1-2H3/b39-21-;. The van der Waals surface area contributed by atoms with Gasteiger partial charge in [0.25, 0.3) is 0 Å². The Bertz CT molecular complexity index is 2290. The minimum atomic E-state index is -0.179. The van der Waals surface area contributed by atoms with Crippen molar-refractivity contribution in [3.05, 3.63) is 187 Å². The monoisotopic (exact) mass is 662 g/mol. The van der Waals surface area contributed by atoms with Crippen molar-refractivity contribution in [2.75, 3.05) is 0 Å². The molecule has 1 aliphatic rings. The van der Waals surface area contributed by atoms with Crippen LogP contribution in [0.1, 0.15) is 80.5 Å². The molecule has 0 spiro atoms. The molecule has 0 heteroatoms. The van der Waals surface area contributed by atoms with Gasteiger partial charge in [-0.05, 0) is 114 Å². The molecule has 6 rings (SSSR count). The lowest BCUT2D eigenvalue weighted by Crippen LogP contribution is -2.15. The predicted molar refractivity (Wildman–Crippen MR) is 231 cm³/mol. The fourth-order valence-corrected chi connectivity index (χ4v) is 7.90. The second kappa shape index (κ2) is 15.0. The molecule has 0 nitrogen and oxygen atoms in total. The van der Waals surface area contributed by atoms with Gasteiger partial charge in [0.1, 0.15) is 0 Å². The van der Waals surface area contributed by atoms with E-state index in [2.05, 4.69) is 152 Å². The second-order valence-electron chi connectivity index (χ2n) is 13.3. The van der Waals surface area contributed by atoms with Crippen LogP contribution in [0, 0.1) is 0 Å². The summed E-state index contributed by atoms with van der Waals surface area (Å²) in [6.45, 7) is 38.3. The maximum absolute atomic E-state index is 4.38. The van der Waals surface area contributed by atoms with E-state index in [1.807, 2.05) is 50.3 Å². The number of rotatable bonds is 10. The van der Waals surface area contributed by atoms with Crippen molar-refractivity contribution in [3.63, 3.8) is 0 Å². The van der Waals surface area contributed by atoms with Crippen molar-refractivity contribution >= 4 is 40.6 Å². The first-order valence-corrected chi connectivity index (χ1v) is 17.8. The largest absolute Gasteiger partial charge is 0.0990 e. The summed E-state index contributed by atoms with van der Waals surface area (Å²) in [6, 6.07) is 28.6. The smallest absolute Gasteiger partial charge is 0.0159 e. The zero-order valence-corrected chi connectivity index (χ0v) is 31.3. The van der Waals surface area contributed by atoms with Crippen LogP contribution in [0.5, 0.6) is 0 Å². The molecule has 1 aliphatic carbocycles. The molecule has 0 saturated heterocycles. The molecule has 5 aromatic rings. The summed E-state index contributed by atoms with van der Waals surface area (Å²) in [6.07, 6.45) is 13.8. The molecule has 5 aromatic carbocycles. The quantitative estimate of drug-likeness (QED) is 0.131. The molecule has 0 amide bonds. The Labute approximate surface area is 306 Å². The van der Waals surface area contributed by atoms with E-state index in [1.54, 1.807) is 0 Å². The molecular formula is C51H50. The van der Waals surface area contributed by atoms with Gasteiger partial charge >= 0.3 is 0 Å². The molecular weight excluding hydrogens is 613 g/mol. The average molecular weight is 663 g/mol. The molecule has 0 saturated carbocycles. The Kier molecular flexibility index (Phi) is 10.8. The molecule has 0 aromatic heterocycles. The normalized spacial score (nSPS) is 12.5. The van der Waals surface area contributed by atoms with E-state index in [4.69, 9.17) is 0 Å². The van der Waals surface area contributed by atoms with Gasteiger partial charge in [0, 0.05) is 5.41 Å². The Morgan fingerprint density at radius 3 is 1.65 bits per heavy atom. The summed E-state index contributed by atoms with van der Waals surface area (Å²) in [4.78, 5) is 0. The van der Waals surface area contributed by atoms with Gasteiger partial charge < -0.3 is 0 Å². The molecule has 0 bridgehead atoms. The van der Waals surface area contributed by atoms with Gasteiger partial charge in [-0.25, -0.2) is 0 Å². The van der Waals surface area contributed by atoms with Crippen LogP contribution in [-0.4, -0.2) is 0 Å². The molecule has 51 heavy (non-hydrogen) atoms. The van der Waals surface area contributed by atoms with E-state index in [-0.39, 0.29) is 5.41 Å². The van der Waals surface area contributed by atoms with E-state index >= 15 is 0 Å². The van der Waals surface area contributed by atoms with E-state index < -0.39 is 0 Å². The number of allylic oxidation sites excluding steroid dienone is 6. The van der Waals surface area contributed by atoms with Crippen LogP contribution in [0.4, 0.5) is 0 Å². The number of benzene rings is 5. The van der Waals surface area contributed by atoms with Crippen molar-refractivity contribution in [3.8, 4) is 33.4 Å². The van der Waals surface area contributed by atoms with Gasteiger partial charge in [0.05, 0.1) is 0 Å². The van der Waals surface area contributed by atoms with E-state index in [9.17, 15) is 0 Å². The summed E-state index contributed by atoms with van der Waals surface area (Å²) in [5, 5.41) is 2.31. The van der Waals surface area contributed by atoms with Crippen molar-refractivity contribution in [1.82, 2.24) is 0 Å². The van der Waals surface area contributed by atoms with Gasteiger partial charge in [-0.15, -0.1) is 0 Å². The zero-order valence-electron chi connectivity index (χ0n) is 31.3. The fraction of sp³-hybridized carbons (Fsp3) is 0.137. The van der Waals surface area contributed by atoms with Crippen molar-refractivity contribution in [2.45, 2.75) is 47.0 Å². The number of hydrogen-bond acceptors (Lipinski definition) is 0. The summed E-state index contributed by atoms with van der Waals surface area (Å²) < 4.78 is 0. The molecule has 0 fully saturated rings. The van der Waals surface area contributed by atoms with Crippen LogP contribution in [0.25, 0.3) is 74.0 Å². The van der Waals surface area contributed by atoms with Crippen LogP contribution in [0.15, 0.2) is 148 Å². The predicted octanol–water partition coefficient (Wildman–Crippen LogP) is 15.2. The van der Waals surface area contributed by atoms with Crippen LogP contribution < -0.4 is 0 Å². The van der Waals surface area contributed by atoms with Crippen LogP contribution in [0.2, 0.25) is 0 Å². The van der Waals surface area contributed by atoms with E-state index in [1.165, 1.54) is 27.8 Å². The third-order valence-corrected chi connectivity index (χ3v) is 10.1. The molecule has 0 aliphatic heterocycles. The maximum atomic E-state index is 4.38. The van der Waals surface area contributed by atoms with Gasteiger partial charge in [-0.1, -0.05) is 188 Å². The number of hydrogen-bond donors (Lipinski definition) is 0. The van der Waals surface area contributed by atoms with Gasteiger partial charge in [-0.3, -0.25) is 0 Å². The topological polar surface area (TPSA) is 0 Å². The van der Waals surface area contributed by atoms with Crippen molar-refractivity contribution in [2.24, 2.45) is 0 Å².